The molecule has 1 aliphatic rings. The Balaban J connectivity index is 1.66. The monoisotopic (exact) mass is 417 g/mol. The molecule has 3 aromatic carbocycles. The third-order valence-electron chi connectivity index (χ3n) is 5.05. The van der Waals surface area contributed by atoms with E-state index in [0.29, 0.717) is 43.4 Å². The standard InChI is InChI=1S/C25H23NO5/c1-29-25(28)21-10-6-5-9-20(21)24(27)26(16-18-7-3-2-4-8-18)17-19-11-12-22-23(15-19)31-14-13-30-22/h2-12,15H,13-14,16-17H2,1H3. The lowest BCUT2D eigenvalue weighted by Crippen LogP contribution is -2.31. The van der Waals surface area contributed by atoms with Crippen LogP contribution in [0, 0.1) is 0 Å². The number of amides is 1. The van der Waals surface area contributed by atoms with E-state index in [2.05, 4.69) is 0 Å². The first kappa shape index (κ1) is 20.5. The lowest BCUT2D eigenvalue weighted by molar-refractivity contribution is 0.0588. The van der Waals surface area contributed by atoms with Crippen molar-refractivity contribution in [2.24, 2.45) is 0 Å². The quantitative estimate of drug-likeness (QED) is 0.566. The Morgan fingerprint density at radius 3 is 2.19 bits per heavy atom. The van der Waals surface area contributed by atoms with Gasteiger partial charge in [-0.15, -0.1) is 0 Å². The van der Waals surface area contributed by atoms with Gasteiger partial charge in [0.1, 0.15) is 13.2 Å². The molecule has 0 N–H and O–H groups in total. The maximum absolute atomic E-state index is 13.5. The lowest BCUT2D eigenvalue weighted by Gasteiger charge is -2.25. The first-order valence-electron chi connectivity index (χ1n) is 10.0. The van der Waals surface area contributed by atoms with Crippen LogP contribution < -0.4 is 9.47 Å². The number of carbonyl (C=O) groups excluding carboxylic acids is 2. The number of rotatable bonds is 6. The molecule has 1 amide bonds. The van der Waals surface area contributed by atoms with Crippen molar-refractivity contribution in [2.45, 2.75) is 13.1 Å². The second kappa shape index (κ2) is 9.34. The zero-order valence-electron chi connectivity index (χ0n) is 17.2. The zero-order chi connectivity index (χ0) is 21.6. The molecule has 158 valence electrons. The highest BCUT2D eigenvalue weighted by atomic mass is 16.6. The van der Waals surface area contributed by atoms with Crippen molar-refractivity contribution in [3.63, 3.8) is 0 Å². The summed E-state index contributed by atoms with van der Waals surface area (Å²) in [4.78, 5) is 27.5. The molecule has 4 rings (SSSR count). The van der Waals surface area contributed by atoms with Crippen molar-refractivity contribution in [2.75, 3.05) is 20.3 Å². The topological polar surface area (TPSA) is 65.1 Å². The number of nitrogens with zero attached hydrogens (tertiary/aromatic N) is 1. The summed E-state index contributed by atoms with van der Waals surface area (Å²) in [7, 11) is 1.31. The van der Waals surface area contributed by atoms with Crippen LogP contribution in [0.4, 0.5) is 0 Å². The Hall–Kier alpha value is -3.80. The van der Waals surface area contributed by atoms with Gasteiger partial charge in [-0.25, -0.2) is 4.79 Å². The number of fused-ring (bicyclic) bond motifs is 1. The van der Waals surface area contributed by atoms with Crippen LogP contribution in [0.15, 0.2) is 72.8 Å². The highest BCUT2D eigenvalue weighted by Crippen LogP contribution is 2.31. The maximum Gasteiger partial charge on any atom is 0.338 e. The average molecular weight is 417 g/mol. The van der Waals surface area contributed by atoms with Gasteiger partial charge in [0.15, 0.2) is 11.5 Å². The van der Waals surface area contributed by atoms with E-state index in [1.54, 1.807) is 29.2 Å². The minimum Gasteiger partial charge on any atom is -0.486 e. The molecule has 0 bridgehead atoms. The van der Waals surface area contributed by atoms with Crippen molar-refractivity contribution in [1.82, 2.24) is 4.90 Å². The van der Waals surface area contributed by atoms with Gasteiger partial charge in [-0.1, -0.05) is 48.5 Å². The molecule has 0 atom stereocenters. The van der Waals surface area contributed by atoms with E-state index in [-0.39, 0.29) is 11.5 Å². The van der Waals surface area contributed by atoms with Crippen molar-refractivity contribution < 1.29 is 23.8 Å². The van der Waals surface area contributed by atoms with Crippen LogP contribution in [-0.4, -0.2) is 37.1 Å². The Morgan fingerprint density at radius 2 is 1.45 bits per heavy atom. The number of methoxy groups -OCH3 is 1. The highest BCUT2D eigenvalue weighted by Gasteiger charge is 2.23. The molecular weight excluding hydrogens is 394 g/mol. The molecule has 0 fully saturated rings. The van der Waals surface area contributed by atoms with Gasteiger partial charge in [-0.3, -0.25) is 4.79 Å². The molecule has 0 saturated heterocycles. The first-order valence-corrected chi connectivity index (χ1v) is 10.0. The summed E-state index contributed by atoms with van der Waals surface area (Å²) in [6.45, 7) is 1.76. The molecule has 0 aliphatic carbocycles. The van der Waals surface area contributed by atoms with E-state index in [1.807, 2.05) is 48.5 Å². The summed E-state index contributed by atoms with van der Waals surface area (Å²) in [6.07, 6.45) is 0. The fourth-order valence-corrected chi connectivity index (χ4v) is 3.54. The van der Waals surface area contributed by atoms with Crippen LogP contribution >= 0.6 is 0 Å². The molecule has 0 aromatic heterocycles. The normalized spacial score (nSPS) is 12.2. The summed E-state index contributed by atoms with van der Waals surface area (Å²) in [5.74, 6) is 0.584. The van der Waals surface area contributed by atoms with Crippen LogP contribution in [0.2, 0.25) is 0 Å². The van der Waals surface area contributed by atoms with Gasteiger partial charge in [0, 0.05) is 13.1 Å². The SMILES string of the molecule is COC(=O)c1ccccc1C(=O)N(Cc1ccccc1)Cc1ccc2c(c1)OCCO2. The third kappa shape index (κ3) is 4.69. The third-order valence-corrected chi connectivity index (χ3v) is 5.05. The molecule has 3 aromatic rings. The first-order chi connectivity index (χ1) is 15.2. The predicted molar refractivity (Wildman–Crippen MR) is 115 cm³/mol. The van der Waals surface area contributed by atoms with Gasteiger partial charge in [-0.05, 0) is 35.4 Å². The van der Waals surface area contributed by atoms with Crippen LogP contribution in [0.3, 0.4) is 0 Å². The summed E-state index contributed by atoms with van der Waals surface area (Å²) >= 11 is 0. The molecule has 0 unspecified atom stereocenters. The number of carbonyl (C=O) groups is 2. The summed E-state index contributed by atoms with van der Waals surface area (Å²) in [6, 6.07) is 22.1. The number of benzene rings is 3. The molecule has 0 radical (unpaired) electrons. The van der Waals surface area contributed by atoms with Gasteiger partial charge < -0.3 is 19.1 Å². The molecular formula is C25H23NO5. The van der Waals surface area contributed by atoms with Gasteiger partial charge in [0.2, 0.25) is 0 Å². The van der Waals surface area contributed by atoms with Crippen LogP contribution in [0.1, 0.15) is 31.8 Å². The summed E-state index contributed by atoms with van der Waals surface area (Å²) in [5, 5.41) is 0. The maximum atomic E-state index is 13.5. The number of hydrogen-bond donors (Lipinski definition) is 0. The van der Waals surface area contributed by atoms with Crippen molar-refractivity contribution >= 4 is 11.9 Å². The van der Waals surface area contributed by atoms with Crippen LogP contribution in [0.5, 0.6) is 11.5 Å². The van der Waals surface area contributed by atoms with Gasteiger partial charge >= 0.3 is 5.97 Å². The van der Waals surface area contributed by atoms with E-state index >= 15 is 0 Å². The molecule has 1 heterocycles. The highest BCUT2D eigenvalue weighted by molar-refractivity contribution is 6.05. The van der Waals surface area contributed by atoms with E-state index in [9.17, 15) is 9.59 Å². The summed E-state index contributed by atoms with van der Waals surface area (Å²) in [5.41, 5.74) is 2.45. The fourth-order valence-electron chi connectivity index (χ4n) is 3.54. The van der Waals surface area contributed by atoms with Crippen LogP contribution in [-0.2, 0) is 17.8 Å². The molecule has 6 heteroatoms. The van der Waals surface area contributed by atoms with E-state index in [0.717, 1.165) is 11.1 Å². The molecule has 0 spiro atoms. The number of hydrogen-bond acceptors (Lipinski definition) is 5. The molecule has 0 saturated carbocycles. The minimum absolute atomic E-state index is 0.246. The Labute approximate surface area is 181 Å². The predicted octanol–water partition coefficient (Wildman–Crippen LogP) is 4.09. The van der Waals surface area contributed by atoms with E-state index in [1.165, 1.54) is 7.11 Å². The second-order valence-corrected chi connectivity index (χ2v) is 7.16. The van der Waals surface area contributed by atoms with Crippen LogP contribution in [0.25, 0.3) is 0 Å². The van der Waals surface area contributed by atoms with Crippen molar-refractivity contribution in [3.05, 3.63) is 95.1 Å². The molecule has 1 aliphatic heterocycles. The Morgan fingerprint density at radius 1 is 0.806 bits per heavy atom. The average Bonchev–Trinajstić information content (AvgIpc) is 2.83. The van der Waals surface area contributed by atoms with Gasteiger partial charge in [-0.2, -0.15) is 0 Å². The largest absolute Gasteiger partial charge is 0.486 e. The lowest BCUT2D eigenvalue weighted by atomic mass is 10.0. The van der Waals surface area contributed by atoms with E-state index in [4.69, 9.17) is 14.2 Å². The molecule has 6 nitrogen and oxygen atoms in total. The number of esters is 1. The molecule has 31 heavy (non-hydrogen) atoms. The van der Waals surface area contributed by atoms with Gasteiger partial charge in [0.25, 0.3) is 5.91 Å². The fraction of sp³-hybridized carbons (Fsp3) is 0.200. The second-order valence-electron chi connectivity index (χ2n) is 7.16. The van der Waals surface area contributed by atoms with E-state index < -0.39 is 5.97 Å². The van der Waals surface area contributed by atoms with Crippen molar-refractivity contribution in [1.29, 1.82) is 0 Å². The Kier molecular flexibility index (Phi) is 6.17. The summed E-state index contributed by atoms with van der Waals surface area (Å²) < 4.78 is 16.1. The minimum atomic E-state index is -0.539. The zero-order valence-corrected chi connectivity index (χ0v) is 17.2. The van der Waals surface area contributed by atoms with Gasteiger partial charge in [0.05, 0.1) is 18.2 Å². The Bertz CT molecular complexity index is 1080. The van der Waals surface area contributed by atoms with Crippen molar-refractivity contribution in [3.8, 4) is 11.5 Å². The number of ether oxygens (including phenoxy) is 3. The smallest absolute Gasteiger partial charge is 0.338 e.